The van der Waals surface area contributed by atoms with Crippen LogP contribution in [-0.2, 0) is 0 Å². The quantitative estimate of drug-likeness (QED) is 0.750. The second kappa shape index (κ2) is 7.25. The first-order valence-electron chi connectivity index (χ1n) is 6.78. The Kier molecular flexibility index (Phi) is 6.32. The summed E-state index contributed by atoms with van der Waals surface area (Å²) in [4.78, 5) is 2.53. The highest BCUT2D eigenvalue weighted by Crippen LogP contribution is 2.12. The summed E-state index contributed by atoms with van der Waals surface area (Å²) in [7, 11) is 0. The van der Waals surface area contributed by atoms with Gasteiger partial charge < -0.3 is 15.3 Å². The zero-order valence-electron chi connectivity index (χ0n) is 11.1. The Hall–Kier alpha value is -0.120. The van der Waals surface area contributed by atoms with Gasteiger partial charge in [0.2, 0.25) is 0 Å². The number of rotatable bonds is 5. The van der Waals surface area contributed by atoms with Crippen molar-refractivity contribution in [2.75, 3.05) is 19.6 Å². The SMILES string of the molecule is CCN1CCCC(NC(C)CC(C)O)CC1. The van der Waals surface area contributed by atoms with Crippen molar-refractivity contribution in [3.63, 3.8) is 0 Å². The molecule has 0 aliphatic carbocycles. The highest BCUT2D eigenvalue weighted by molar-refractivity contribution is 4.77. The summed E-state index contributed by atoms with van der Waals surface area (Å²) in [5.41, 5.74) is 0. The van der Waals surface area contributed by atoms with Crippen LogP contribution in [0.1, 0.15) is 46.5 Å². The molecular weight excluding hydrogens is 200 g/mol. The molecule has 1 rings (SSSR count). The fraction of sp³-hybridized carbons (Fsp3) is 1.00. The lowest BCUT2D eigenvalue weighted by Crippen LogP contribution is -2.38. The van der Waals surface area contributed by atoms with E-state index < -0.39 is 0 Å². The average molecular weight is 228 g/mol. The second-order valence-electron chi connectivity index (χ2n) is 5.21. The third-order valence-electron chi connectivity index (χ3n) is 3.48. The van der Waals surface area contributed by atoms with Crippen LogP contribution in [-0.4, -0.2) is 47.8 Å². The van der Waals surface area contributed by atoms with Gasteiger partial charge >= 0.3 is 0 Å². The molecule has 2 N–H and O–H groups in total. The zero-order valence-corrected chi connectivity index (χ0v) is 11.1. The van der Waals surface area contributed by atoms with Gasteiger partial charge in [-0.1, -0.05) is 6.92 Å². The minimum Gasteiger partial charge on any atom is -0.393 e. The summed E-state index contributed by atoms with van der Waals surface area (Å²) in [5, 5.41) is 13.0. The van der Waals surface area contributed by atoms with Crippen molar-refractivity contribution >= 4 is 0 Å². The lowest BCUT2D eigenvalue weighted by molar-refractivity contribution is 0.167. The van der Waals surface area contributed by atoms with Gasteiger partial charge in [0.05, 0.1) is 6.10 Å². The Morgan fingerprint density at radius 2 is 2.06 bits per heavy atom. The molecule has 16 heavy (non-hydrogen) atoms. The van der Waals surface area contributed by atoms with Crippen LogP contribution in [0.5, 0.6) is 0 Å². The van der Waals surface area contributed by atoms with Crippen molar-refractivity contribution in [3.8, 4) is 0 Å². The molecule has 3 atom stereocenters. The fourth-order valence-electron chi connectivity index (χ4n) is 2.62. The van der Waals surface area contributed by atoms with E-state index in [2.05, 4.69) is 24.1 Å². The Balaban J connectivity index is 2.26. The zero-order chi connectivity index (χ0) is 12.0. The van der Waals surface area contributed by atoms with E-state index in [1.54, 1.807) is 0 Å². The predicted octanol–water partition coefficient (Wildman–Crippen LogP) is 1.61. The average Bonchev–Trinajstić information content (AvgIpc) is 2.41. The summed E-state index contributed by atoms with van der Waals surface area (Å²) >= 11 is 0. The standard InChI is InChI=1S/C13H28N2O/c1-4-15-8-5-6-13(7-9-15)14-11(2)10-12(3)16/h11-14,16H,4-10H2,1-3H3. The summed E-state index contributed by atoms with van der Waals surface area (Å²) in [6.45, 7) is 9.92. The molecule has 3 nitrogen and oxygen atoms in total. The minimum atomic E-state index is -0.194. The van der Waals surface area contributed by atoms with Gasteiger partial charge in [-0.15, -0.1) is 0 Å². The van der Waals surface area contributed by atoms with E-state index in [0.717, 1.165) is 6.42 Å². The molecule has 1 saturated heterocycles. The third kappa shape index (κ3) is 5.28. The van der Waals surface area contributed by atoms with Gasteiger partial charge in [0, 0.05) is 12.1 Å². The van der Waals surface area contributed by atoms with E-state index in [-0.39, 0.29) is 6.10 Å². The Bertz CT molecular complexity index is 185. The Labute approximate surface area is 100 Å². The Morgan fingerprint density at radius 1 is 1.31 bits per heavy atom. The van der Waals surface area contributed by atoms with E-state index in [1.807, 2.05) is 6.92 Å². The maximum Gasteiger partial charge on any atom is 0.0526 e. The summed E-state index contributed by atoms with van der Waals surface area (Å²) in [5.74, 6) is 0. The van der Waals surface area contributed by atoms with Gasteiger partial charge in [0.1, 0.15) is 0 Å². The molecule has 0 aromatic heterocycles. The highest BCUT2D eigenvalue weighted by Gasteiger charge is 2.17. The second-order valence-corrected chi connectivity index (χ2v) is 5.21. The number of likely N-dealkylation sites (tertiary alicyclic amines) is 1. The molecule has 1 aliphatic rings. The van der Waals surface area contributed by atoms with Crippen LogP contribution >= 0.6 is 0 Å². The van der Waals surface area contributed by atoms with Crippen molar-refractivity contribution < 1.29 is 5.11 Å². The lowest BCUT2D eigenvalue weighted by Gasteiger charge is -2.23. The molecule has 0 bridgehead atoms. The molecule has 0 aromatic carbocycles. The molecular formula is C13H28N2O. The minimum absolute atomic E-state index is 0.194. The van der Waals surface area contributed by atoms with E-state index in [4.69, 9.17) is 0 Å². The van der Waals surface area contributed by atoms with E-state index in [0.29, 0.717) is 12.1 Å². The van der Waals surface area contributed by atoms with Gasteiger partial charge in [-0.3, -0.25) is 0 Å². The number of hydrogen-bond acceptors (Lipinski definition) is 3. The van der Waals surface area contributed by atoms with Crippen LogP contribution in [0.3, 0.4) is 0 Å². The number of aliphatic hydroxyl groups excluding tert-OH is 1. The van der Waals surface area contributed by atoms with Crippen LogP contribution in [0.4, 0.5) is 0 Å². The van der Waals surface area contributed by atoms with Crippen molar-refractivity contribution in [3.05, 3.63) is 0 Å². The van der Waals surface area contributed by atoms with Crippen LogP contribution in [0.15, 0.2) is 0 Å². The van der Waals surface area contributed by atoms with E-state index in [1.165, 1.54) is 38.9 Å². The lowest BCUT2D eigenvalue weighted by atomic mass is 10.1. The van der Waals surface area contributed by atoms with Gasteiger partial charge in [-0.2, -0.15) is 0 Å². The van der Waals surface area contributed by atoms with Gasteiger partial charge in [0.25, 0.3) is 0 Å². The molecule has 1 aliphatic heterocycles. The molecule has 96 valence electrons. The van der Waals surface area contributed by atoms with Crippen molar-refractivity contribution in [2.24, 2.45) is 0 Å². The number of nitrogens with zero attached hydrogens (tertiary/aromatic N) is 1. The molecule has 0 amide bonds. The predicted molar refractivity (Wildman–Crippen MR) is 68.6 cm³/mol. The van der Waals surface area contributed by atoms with Gasteiger partial charge in [-0.05, 0) is 59.2 Å². The smallest absolute Gasteiger partial charge is 0.0526 e. The van der Waals surface area contributed by atoms with Crippen molar-refractivity contribution in [1.82, 2.24) is 10.2 Å². The summed E-state index contributed by atoms with van der Waals surface area (Å²) < 4.78 is 0. The highest BCUT2D eigenvalue weighted by atomic mass is 16.3. The van der Waals surface area contributed by atoms with E-state index >= 15 is 0 Å². The normalized spacial score (nSPS) is 27.4. The van der Waals surface area contributed by atoms with Crippen LogP contribution in [0.2, 0.25) is 0 Å². The number of hydrogen-bond donors (Lipinski definition) is 2. The van der Waals surface area contributed by atoms with Gasteiger partial charge in [-0.25, -0.2) is 0 Å². The first-order chi connectivity index (χ1) is 7.61. The van der Waals surface area contributed by atoms with Crippen molar-refractivity contribution in [1.29, 1.82) is 0 Å². The summed E-state index contributed by atoms with van der Waals surface area (Å²) in [6, 6.07) is 1.07. The molecule has 3 heteroatoms. The maximum atomic E-state index is 9.34. The molecule has 1 heterocycles. The molecule has 3 unspecified atom stereocenters. The Morgan fingerprint density at radius 3 is 2.69 bits per heavy atom. The molecule has 0 radical (unpaired) electrons. The van der Waals surface area contributed by atoms with Crippen LogP contribution < -0.4 is 5.32 Å². The third-order valence-corrected chi connectivity index (χ3v) is 3.48. The molecule has 0 aromatic rings. The molecule has 0 saturated carbocycles. The fourth-order valence-corrected chi connectivity index (χ4v) is 2.62. The first kappa shape index (κ1) is 13.9. The van der Waals surface area contributed by atoms with Gasteiger partial charge in [0.15, 0.2) is 0 Å². The first-order valence-corrected chi connectivity index (χ1v) is 6.78. The van der Waals surface area contributed by atoms with E-state index in [9.17, 15) is 5.11 Å². The van der Waals surface area contributed by atoms with Crippen LogP contribution in [0.25, 0.3) is 0 Å². The van der Waals surface area contributed by atoms with Crippen LogP contribution in [0, 0.1) is 0 Å². The van der Waals surface area contributed by atoms with Crippen molar-refractivity contribution in [2.45, 2.75) is 64.6 Å². The molecule has 0 spiro atoms. The number of aliphatic hydroxyl groups is 1. The monoisotopic (exact) mass is 228 g/mol. The molecule has 1 fully saturated rings. The maximum absolute atomic E-state index is 9.34. The topological polar surface area (TPSA) is 35.5 Å². The number of nitrogens with one attached hydrogen (secondary N) is 1. The largest absolute Gasteiger partial charge is 0.393 e. The summed E-state index contributed by atoms with van der Waals surface area (Å²) in [6.07, 6.45) is 4.49.